The lowest BCUT2D eigenvalue weighted by atomic mass is 10.2. The molecule has 2 heterocycles. The minimum atomic E-state index is -0.745. The minimum Gasteiger partial charge on any atom is -0.494 e. The number of aromatic hydroxyl groups is 1. The number of nitrogens with zero attached hydrogens (tertiary/aromatic N) is 1. The molecule has 1 atom stereocenters. The maximum Gasteiger partial charge on any atom is 0.328 e. The van der Waals surface area contributed by atoms with Crippen molar-refractivity contribution in [2.24, 2.45) is 4.99 Å². The van der Waals surface area contributed by atoms with Crippen LogP contribution in [0.15, 0.2) is 32.1 Å². The molecule has 0 aliphatic carbocycles. The second-order valence-electron chi connectivity index (χ2n) is 4.04. The number of hydrogen-bond donors (Lipinski definition) is 3. The van der Waals surface area contributed by atoms with E-state index in [9.17, 15) is 14.7 Å². The molecule has 2 aromatic heterocycles. The van der Waals surface area contributed by atoms with Crippen LogP contribution >= 0.6 is 11.3 Å². The van der Waals surface area contributed by atoms with E-state index in [1.165, 1.54) is 0 Å². The van der Waals surface area contributed by atoms with Gasteiger partial charge in [-0.3, -0.25) is 19.8 Å². The molecule has 0 saturated heterocycles. The predicted molar refractivity (Wildman–Crippen MR) is 74.3 cm³/mol. The molecule has 0 bridgehead atoms. The Morgan fingerprint density at radius 3 is 2.74 bits per heavy atom. The van der Waals surface area contributed by atoms with Crippen molar-refractivity contribution >= 4 is 17.0 Å². The van der Waals surface area contributed by atoms with E-state index in [1.54, 1.807) is 18.3 Å². The van der Waals surface area contributed by atoms with Gasteiger partial charge in [-0.25, -0.2) is 4.79 Å². The smallest absolute Gasteiger partial charge is 0.328 e. The summed E-state index contributed by atoms with van der Waals surface area (Å²) in [5, 5.41) is 11.6. The topological polar surface area (TPSA) is 98.3 Å². The summed E-state index contributed by atoms with van der Waals surface area (Å²) in [5.74, 6) is -0.464. The van der Waals surface area contributed by atoms with E-state index in [4.69, 9.17) is 0 Å². The Morgan fingerprint density at radius 1 is 1.42 bits per heavy atom. The Labute approximate surface area is 112 Å². The van der Waals surface area contributed by atoms with E-state index in [0.717, 1.165) is 4.88 Å². The van der Waals surface area contributed by atoms with Crippen LogP contribution in [-0.2, 0) is 0 Å². The minimum absolute atomic E-state index is 0.0111. The molecule has 0 amide bonds. The number of aromatic nitrogens is 2. The standard InChI is InChI=1S/C12H13N3O3S/c1-6(8-4-3-5-19-8)13-7(2)9-10(16)14-12(18)15-11(9)17/h3-6H,1-2H3,(H3,14,15,16,17,18)/t6-/m0/s1. The SMILES string of the molecule is CC(=N[C@@H](C)c1cccs1)c1c(O)[nH]c(=O)[nH]c1=O. The molecular formula is C12H13N3O3S. The zero-order chi connectivity index (χ0) is 14.0. The quantitative estimate of drug-likeness (QED) is 0.741. The molecule has 7 heteroatoms. The van der Waals surface area contributed by atoms with Crippen molar-refractivity contribution in [3.05, 3.63) is 48.8 Å². The Morgan fingerprint density at radius 2 is 2.16 bits per heavy atom. The first-order valence-electron chi connectivity index (χ1n) is 5.62. The maximum absolute atomic E-state index is 11.7. The van der Waals surface area contributed by atoms with Gasteiger partial charge in [0.2, 0.25) is 5.88 Å². The van der Waals surface area contributed by atoms with Crippen LogP contribution in [0.5, 0.6) is 5.88 Å². The van der Waals surface area contributed by atoms with Gasteiger partial charge in [-0.05, 0) is 25.3 Å². The summed E-state index contributed by atoms with van der Waals surface area (Å²) in [5.41, 5.74) is -1.04. The third-order valence-electron chi connectivity index (χ3n) is 2.63. The van der Waals surface area contributed by atoms with Crippen molar-refractivity contribution < 1.29 is 5.11 Å². The van der Waals surface area contributed by atoms with Gasteiger partial charge in [0, 0.05) is 4.88 Å². The lowest BCUT2D eigenvalue weighted by molar-refractivity contribution is 0.447. The molecule has 0 spiro atoms. The molecule has 0 radical (unpaired) electrons. The maximum atomic E-state index is 11.7. The van der Waals surface area contributed by atoms with Crippen LogP contribution in [0.4, 0.5) is 0 Å². The lowest BCUT2D eigenvalue weighted by Crippen LogP contribution is -2.27. The van der Waals surface area contributed by atoms with E-state index in [-0.39, 0.29) is 11.6 Å². The molecule has 0 fully saturated rings. The van der Waals surface area contributed by atoms with Gasteiger partial charge >= 0.3 is 5.69 Å². The van der Waals surface area contributed by atoms with Gasteiger partial charge in [0.05, 0.1) is 11.8 Å². The molecule has 2 rings (SSSR count). The average Bonchev–Trinajstić information content (AvgIpc) is 2.80. The number of H-pyrrole nitrogens is 2. The number of thiophene rings is 1. The summed E-state index contributed by atoms with van der Waals surface area (Å²) < 4.78 is 0. The molecule has 3 N–H and O–H groups in total. The highest BCUT2D eigenvalue weighted by atomic mass is 32.1. The average molecular weight is 279 g/mol. The van der Waals surface area contributed by atoms with E-state index in [0.29, 0.717) is 5.71 Å². The molecule has 2 aromatic rings. The Hall–Kier alpha value is -2.15. The van der Waals surface area contributed by atoms with Crippen LogP contribution in [0.2, 0.25) is 0 Å². The first-order chi connectivity index (χ1) is 8.99. The van der Waals surface area contributed by atoms with Crippen LogP contribution in [0.3, 0.4) is 0 Å². The van der Waals surface area contributed by atoms with Gasteiger partial charge in [-0.2, -0.15) is 0 Å². The van der Waals surface area contributed by atoms with E-state index >= 15 is 0 Å². The van der Waals surface area contributed by atoms with Crippen LogP contribution in [-0.4, -0.2) is 20.8 Å². The third kappa shape index (κ3) is 2.82. The first kappa shape index (κ1) is 13.3. The summed E-state index contributed by atoms with van der Waals surface area (Å²) in [6.07, 6.45) is 0. The van der Waals surface area contributed by atoms with Crippen molar-refractivity contribution in [3.63, 3.8) is 0 Å². The fourth-order valence-electron chi connectivity index (χ4n) is 1.76. The molecular weight excluding hydrogens is 266 g/mol. The fourth-order valence-corrected chi connectivity index (χ4v) is 2.48. The number of aromatic amines is 2. The van der Waals surface area contributed by atoms with Crippen molar-refractivity contribution in [1.82, 2.24) is 9.97 Å². The van der Waals surface area contributed by atoms with Crippen LogP contribution in [0, 0.1) is 0 Å². The Kier molecular flexibility index (Phi) is 3.66. The van der Waals surface area contributed by atoms with Gasteiger partial charge in [0.15, 0.2) is 0 Å². The fraction of sp³-hybridized carbons (Fsp3) is 0.250. The summed E-state index contributed by atoms with van der Waals surface area (Å²) in [7, 11) is 0. The molecule has 100 valence electrons. The van der Waals surface area contributed by atoms with Crippen LogP contribution < -0.4 is 11.2 Å². The summed E-state index contributed by atoms with van der Waals surface area (Å²) >= 11 is 1.57. The van der Waals surface area contributed by atoms with Crippen molar-refractivity contribution in [2.45, 2.75) is 19.9 Å². The van der Waals surface area contributed by atoms with E-state index in [1.807, 2.05) is 24.4 Å². The molecule has 0 aliphatic rings. The van der Waals surface area contributed by atoms with Crippen LogP contribution in [0.1, 0.15) is 30.3 Å². The molecule has 6 nitrogen and oxygen atoms in total. The highest BCUT2D eigenvalue weighted by molar-refractivity contribution is 7.10. The van der Waals surface area contributed by atoms with Gasteiger partial charge in [-0.1, -0.05) is 6.07 Å². The number of rotatable bonds is 3. The van der Waals surface area contributed by atoms with Crippen molar-refractivity contribution in [1.29, 1.82) is 0 Å². The van der Waals surface area contributed by atoms with Crippen molar-refractivity contribution in [3.8, 4) is 5.88 Å². The second-order valence-corrected chi connectivity index (χ2v) is 5.02. The summed E-state index contributed by atoms with van der Waals surface area (Å²) in [4.78, 5) is 32.3. The second kappa shape index (κ2) is 5.23. The Balaban J connectivity index is 2.42. The highest BCUT2D eigenvalue weighted by Gasteiger charge is 2.13. The monoisotopic (exact) mass is 279 g/mol. The molecule has 0 aromatic carbocycles. The van der Waals surface area contributed by atoms with Gasteiger partial charge in [-0.15, -0.1) is 11.3 Å². The lowest BCUT2D eigenvalue weighted by Gasteiger charge is -2.07. The molecule has 0 unspecified atom stereocenters. The highest BCUT2D eigenvalue weighted by Crippen LogP contribution is 2.22. The Bertz CT molecular complexity index is 713. The van der Waals surface area contributed by atoms with Crippen LogP contribution in [0.25, 0.3) is 0 Å². The number of hydrogen-bond acceptors (Lipinski definition) is 5. The largest absolute Gasteiger partial charge is 0.494 e. The van der Waals surface area contributed by atoms with Gasteiger partial charge in [0.25, 0.3) is 5.56 Å². The first-order valence-corrected chi connectivity index (χ1v) is 6.50. The number of nitrogens with one attached hydrogen (secondary N) is 2. The molecule has 0 aliphatic heterocycles. The normalized spacial score (nSPS) is 13.5. The van der Waals surface area contributed by atoms with E-state index in [2.05, 4.69) is 15.0 Å². The third-order valence-corrected chi connectivity index (χ3v) is 3.67. The zero-order valence-corrected chi connectivity index (χ0v) is 11.2. The van der Waals surface area contributed by atoms with E-state index < -0.39 is 17.1 Å². The molecule has 0 saturated carbocycles. The van der Waals surface area contributed by atoms with Gasteiger partial charge in [0.1, 0.15) is 5.56 Å². The zero-order valence-electron chi connectivity index (χ0n) is 10.4. The summed E-state index contributed by atoms with van der Waals surface area (Å²) in [6, 6.07) is 3.75. The van der Waals surface area contributed by atoms with Crippen molar-refractivity contribution in [2.75, 3.05) is 0 Å². The van der Waals surface area contributed by atoms with Gasteiger partial charge < -0.3 is 5.11 Å². The number of aliphatic imine (C=N–C) groups is 1. The molecule has 19 heavy (non-hydrogen) atoms. The predicted octanol–water partition coefficient (Wildman–Crippen LogP) is 1.40. The summed E-state index contributed by atoms with van der Waals surface area (Å²) in [6.45, 7) is 3.51.